The maximum absolute atomic E-state index is 14.4. The molecule has 0 aliphatic heterocycles. The van der Waals surface area contributed by atoms with Crippen LogP contribution in [-0.2, 0) is 11.4 Å². The second kappa shape index (κ2) is 7.17. The summed E-state index contributed by atoms with van der Waals surface area (Å²) in [6.45, 7) is 1.86. The van der Waals surface area contributed by atoms with E-state index in [-0.39, 0.29) is 0 Å². The van der Waals surface area contributed by atoms with Crippen LogP contribution in [0.5, 0.6) is 5.75 Å². The van der Waals surface area contributed by atoms with E-state index in [2.05, 4.69) is 5.10 Å². The third-order valence-corrected chi connectivity index (χ3v) is 3.86. The highest BCUT2D eigenvalue weighted by molar-refractivity contribution is 5.71. The topological polar surface area (TPSA) is 64.3 Å². The highest BCUT2D eigenvalue weighted by Crippen LogP contribution is 2.27. The average molecular weight is 340 g/mol. The Bertz CT molecular complexity index is 877. The van der Waals surface area contributed by atoms with Gasteiger partial charge in [-0.05, 0) is 24.6 Å². The van der Waals surface area contributed by atoms with Crippen LogP contribution in [0.1, 0.15) is 18.5 Å². The smallest absolute Gasteiger partial charge is 0.328 e. The molecule has 0 aliphatic rings. The summed E-state index contributed by atoms with van der Waals surface area (Å²) in [4.78, 5) is 11.0. The molecular formula is C19H17FN2O3. The molecule has 0 spiro atoms. The molecule has 0 saturated carbocycles. The van der Waals surface area contributed by atoms with Crippen LogP contribution in [0.2, 0.25) is 0 Å². The fraction of sp³-hybridized carbons (Fsp3) is 0.158. The van der Waals surface area contributed by atoms with Crippen LogP contribution in [-0.4, -0.2) is 20.9 Å². The van der Waals surface area contributed by atoms with Crippen LogP contribution in [0, 0.1) is 5.82 Å². The molecule has 0 radical (unpaired) electrons. The summed E-state index contributed by atoms with van der Waals surface area (Å²) in [6.07, 6.45) is 2.96. The number of aromatic nitrogens is 2. The molecule has 3 rings (SSSR count). The molecule has 128 valence electrons. The quantitative estimate of drug-likeness (QED) is 0.739. The number of hydrogen-bond acceptors (Lipinski definition) is 3. The lowest BCUT2D eigenvalue weighted by molar-refractivity contribution is -0.140. The third-order valence-electron chi connectivity index (χ3n) is 3.86. The summed E-state index contributed by atoms with van der Waals surface area (Å²) in [6, 6.07) is 13.4. The Labute approximate surface area is 144 Å². The van der Waals surface area contributed by atoms with Gasteiger partial charge in [0.15, 0.2) is 0 Å². The van der Waals surface area contributed by atoms with Crippen LogP contribution in [0.25, 0.3) is 11.1 Å². The zero-order chi connectivity index (χ0) is 17.8. The Kier molecular flexibility index (Phi) is 4.79. The Morgan fingerprint density at radius 3 is 2.72 bits per heavy atom. The first kappa shape index (κ1) is 16.7. The van der Waals surface area contributed by atoms with Crippen molar-refractivity contribution in [2.24, 2.45) is 0 Å². The highest BCUT2D eigenvalue weighted by Gasteiger charge is 2.16. The number of carbonyl (C=O) groups is 1. The Balaban J connectivity index is 1.75. The lowest BCUT2D eigenvalue weighted by Crippen LogP contribution is -2.15. The van der Waals surface area contributed by atoms with Crippen molar-refractivity contribution in [2.75, 3.05) is 0 Å². The molecule has 1 heterocycles. The van der Waals surface area contributed by atoms with Crippen molar-refractivity contribution in [3.05, 3.63) is 72.3 Å². The normalized spacial score (nSPS) is 11.9. The molecule has 0 aliphatic carbocycles. The molecule has 1 atom stereocenters. The van der Waals surface area contributed by atoms with Gasteiger partial charge in [0.2, 0.25) is 0 Å². The lowest BCUT2D eigenvalue weighted by Gasteiger charge is -2.08. The number of ether oxygens (including phenoxy) is 1. The van der Waals surface area contributed by atoms with E-state index in [0.717, 1.165) is 5.56 Å². The summed E-state index contributed by atoms with van der Waals surface area (Å²) >= 11 is 0. The number of carboxylic acids is 1. The van der Waals surface area contributed by atoms with E-state index in [1.165, 1.54) is 30.1 Å². The fourth-order valence-electron chi connectivity index (χ4n) is 2.36. The van der Waals surface area contributed by atoms with Crippen molar-refractivity contribution < 1.29 is 19.0 Å². The molecule has 0 bridgehead atoms. The zero-order valence-electron chi connectivity index (χ0n) is 13.6. The van der Waals surface area contributed by atoms with Gasteiger partial charge in [-0.2, -0.15) is 5.10 Å². The van der Waals surface area contributed by atoms with Gasteiger partial charge < -0.3 is 9.84 Å². The number of halogens is 1. The van der Waals surface area contributed by atoms with Crippen LogP contribution < -0.4 is 4.74 Å². The molecule has 5 nitrogen and oxygen atoms in total. The molecule has 0 amide bonds. The van der Waals surface area contributed by atoms with E-state index < -0.39 is 17.8 Å². The van der Waals surface area contributed by atoms with Gasteiger partial charge in [0.1, 0.15) is 24.2 Å². The summed E-state index contributed by atoms with van der Waals surface area (Å²) < 4.78 is 21.3. The minimum atomic E-state index is -1.00. The molecule has 25 heavy (non-hydrogen) atoms. The fourth-order valence-corrected chi connectivity index (χ4v) is 2.36. The van der Waals surface area contributed by atoms with Crippen LogP contribution in [0.15, 0.2) is 60.9 Å². The van der Waals surface area contributed by atoms with Gasteiger partial charge in [-0.3, -0.25) is 4.68 Å². The highest BCUT2D eigenvalue weighted by atomic mass is 19.1. The molecule has 1 aromatic heterocycles. The molecule has 1 N–H and O–H groups in total. The van der Waals surface area contributed by atoms with E-state index in [0.29, 0.717) is 23.5 Å². The number of rotatable bonds is 6. The Morgan fingerprint density at radius 1 is 1.28 bits per heavy atom. The maximum atomic E-state index is 14.4. The van der Waals surface area contributed by atoms with Crippen molar-refractivity contribution in [3.8, 4) is 16.9 Å². The molecular weight excluding hydrogens is 323 g/mol. The minimum absolute atomic E-state index is 0.343. The van der Waals surface area contributed by atoms with E-state index >= 15 is 0 Å². The first-order chi connectivity index (χ1) is 12.0. The Hall–Kier alpha value is -3.15. The molecule has 6 heteroatoms. The largest absolute Gasteiger partial charge is 0.489 e. The maximum Gasteiger partial charge on any atom is 0.328 e. The number of carboxylic acid groups (broad SMARTS) is 1. The van der Waals surface area contributed by atoms with Gasteiger partial charge in [0, 0.05) is 23.4 Å². The van der Waals surface area contributed by atoms with Crippen molar-refractivity contribution in [1.29, 1.82) is 0 Å². The van der Waals surface area contributed by atoms with E-state index in [1.807, 2.05) is 30.3 Å². The van der Waals surface area contributed by atoms with Crippen molar-refractivity contribution in [2.45, 2.75) is 19.6 Å². The van der Waals surface area contributed by atoms with Crippen LogP contribution in [0.3, 0.4) is 0 Å². The predicted molar refractivity (Wildman–Crippen MR) is 90.7 cm³/mol. The summed E-state index contributed by atoms with van der Waals surface area (Å²) in [7, 11) is 0. The van der Waals surface area contributed by atoms with Gasteiger partial charge in [-0.25, -0.2) is 9.18 Å². The zero-order valence-corrected chi connectivity index (χ0v) is 13.6. The van der Waals surface area contributed by atoms with Gasteiger partial charge in [-0.15, -0.1) is 0 Å². The Morgan fingerprint density at radius 2 is 2.04 bits per heavy atom. The van der Waals surface area contributed by atoms with E-state index in [1.54, 1.807) is 12.1 Å². The number of benzene rings is 2. The molecule has 0 saturated heterocycles. The van der Waals surface area contributed by atoms with Gasteiger partial charge in [0.05, 0.1) is 6.20 Å². The first-order valence-corrected chi connectivity index (χ1v) is 7.78. The number of nitrogens with zero attached hydrogens (tertiary/aromatic N) is 2. The minimum Gasteiger partial charge on any atom is -0.489 e. The predicted octanol–water partition coefficient (Wildman–Crippen LogP) is 3.91. The summed E-state index contributed by atoms with van der Waals surface area (Å²) in [5, 5.41) is 13.0. The van der Waals surface area contributed by atoms with Crippen LogP contribution in [0.4, 0.5) is 4.39 Å². The third kappa shape index (κ3) is 3.85. The SMILES string of the molecule is CC(C(=O)O)n1cc(-c2ccc(OCc3ccccc3)cc2F)cn1. The van der Waals surface area contributed by atoms with E-state index in [9.17, 15) is 9.18 Å². The number of aliphatic carboxylic acids is 1. The summed E-state index contributed by atoms with van der Waals surface area (Å²) in [5.41, 5.74) is 1.85. The van der Waals surface area contributed by atoms with Crippen molar-refractivity contribution in [1.82, 2.24) is 9.78 Å². The monoisotopic (exact) mass is 340 g/mol. The van der Waals surface area contributed by atoms with Gasteiger partial charge in [0.25, 0.3) is 0 Å². The molecule has 3 aromatic rings. The second-order valence-corrected chi connectivity index (χ2v) is 5.64. The lowest BCUT2D eigenvalue weighted by atomic mass is 10.1. The van der Waals surface area contributed by atoms with Gasteiger partial charge in [-0.1, -0.05) is 30.3 Å². The van der Waals surface area contributed by atoms with Gasteiger partial charge >= 0.3 is 5.97 Å². The van der Waals surface area contributed by atoms with Crippen molar-refractivity contribution >= 4 is 5.97 Å². The average Bonchev–Trinajstić information content (AvgIpc) is 3.10. The number of hydrogen-bond donors (Lipinski definition) is 1. The van der Waals surface area contributed by atoms with Crippen molar-refractivity contribution in [3.63, 3.8) is 0 Å². The first-order valence-electron chi connectivity index (χ1n) is 7.78. The second-order valence-electron chi connectivity index (χ2n) is 5.64. The van der Waals surface area contributed by atoms with E-state index in [4.69, 9.17) is 9.84 Å². The molecule has 2 aromatic carbocycles. The molecule has 1 unspecified atom stereocenters. The standard InChI is InChI=1S/C19H17FN2O3/c1-13(19(23)24)22-11-15(10-21-22)17-8-7-16(9-18(17)20)25-12-14-5-3-2-4-6-14/h2-11,13H,12H2,1H3,(H,23,24). The molecule has 0 fully saturated rings. The van der Waals surface area contributed by atoms with Crippen LogP contribution >= 0.6 is 0 Å². The summed E-state index contributed by atoms with van der Waals surface area (Å²) in [5.74, 6) is -1.02.